The van der Waals surface area contributed by atoms with E-state index in [9.17, 15) is 4.39 Å². The van der Waals surface area contributed by atoms with E-state index in [-0.39, 0.29) is 5.92 Å². The summed E-state index contributed by atoms with van der Waals surface area (Å²) in [7, 11) is 0. The van der Waals surface area contributed by atoms with Crippen molar-refractivity contribution >= 4 is 0 Å². The average molecular weight is 146 g/mol. The lowest BCUT2D eigenvalue weighted by Crippen LogP contribution is -2.32. The van der Waals surface area contributed by atoms with E-state index in [2.05, 4.69) is 13.8 Å². The number of hydrogen-bond acceptors (Lipinski definition) is 1. The predicted octanol–water partition coefficient (Wildman–Crippen LogP) is 2.02. The highest BCUT2D eigenvalue weighted by atomic mass is 19.1. The summed E-state index contributed by atoms with van der Waals surface area (Å²) in [4.78, 5) is 0. The van der Waals surface area contributed by atoms with Crippen molar-refractivity contribution in [2.24, 2.45) is 11.8 Å². The van der Waals surface area contributed by atoms with Crippen LogP contribution in [0.25, 0.3) is 0 Å². The van der Waals surface area contributed by atoms with E-state index in [1.165, 1.54) is 0 Å². The topological polar surface area (TPSA) is 9.23 Å². The first-order chi connectivity index (χ1) is 4.72. The Kier molecular flexibility index (Phi) is 2.66. The monoisotopic (exact) mass is 146 g/mol. The van der Waals surface area contributed by atoms with Crippen molar-refractivity contribution in [2.45, 2.75) is 26.4 Å². The Morgan fingerprint density at radius 1 is 1.50 bits per heavy atom. The first-order valence-electron chi connectivity index (χ1n) is 3.93. The molecule has 0 radical (unpaired) electrons. The SMILES string of the molecule is CC(C)C1CCOC[C@@H]1F. The van der Waals surface area contributed by atoms with Crippen LogP contribution < -0.4 is 0 Å². The van der Waals surface area contributed by atoms with Gasteiger partial charge < -0.3 is 4.74 Å². The summed E-state index contributed by atoms with van der Waals surface area (Å²) in [6.45, 7) is 5.19. The molecule has 1 saturated heterocycles. The summed E-state index contributed by atoms with van der Waals surface area (Å²) < 4.78 is 18.0. The minimum Gasteiger partial charge on any atom is -0.378 e. The van der Waals surface area contributed by atoms with Crippen molar-refractivity contribution in [1.82, 2.24) is 0 Å². The average Bonchev–Trinajstić information content (AvgIpc) is 1.88. The van der Waals surface area contributed by atoms with Gasteiger partial charge in [-0.1, -0.05) is 13.8 Å². The maximum atomic E-state index is 13.0. The van der Waals surface area contributed by atoms with Gasteiger partial charge in [-0.2, -0.15) is 0 Å². The minimum atomic E-state index is -0.728. The van der Waals surface area contributed by atoms with Crippen LogP contribution in [-0.2, 0) is 4.74 Å². The Morgan fingerprint density at radius 3 is 2.60 bits per heavy atom. The van der Waals surface area contributed by atoms with E-state index >= 15 is 0 Å². The third-order valence-corrected chi connectivity index (χ3v) is 2.19. The largest absolute Gasteiger partial charge is 0.378 e. The van der Waals surface area contributed by atoms with Crippen LogP contribution in [0.3, 0.4) is 0 Å². The van der Waals surface area contributed by atoms with Crippen LogP contribution in [0.1, 0.15) is 20.3 Å². The smallest absolute Gasteiger partial charge is 0.126 e. The molecular weight excluding hydrogens is 131 g/mol. The lowest BCUT2D eigenvalue weighted by molar-refractivity contribution is -0.0161. The molecule has 1 unspecified atom stereocenters. The van der Waals surface area contributed by atoms with E-state index in [4.69, 9.17) is 4.74 Å². The second-order valence-corrected chi connectivity index (χ2v) is 3.29. The molecule has 1 aliphatic heterocycles. The Balaban J connectivity index is 2.40. The van der Waals surface area contributed by atoms with Crippen molar-refractivity contribution in [1.29, 1.82) is 0 Å². The zero-order valence-corrected chi connectivity index (χ0v) is 6.64. The second-order valence-electron chi connectivity index (χ2n) is 3.29. The van der Waals surface area contributed by atoms with Gasteiger partial charge in [-0.15, -0.1) is 0 Å². The zero-order chi connectivity index (χ0) is 7.56. The van der Waals surface area contributed by atoms with Gasteiger partial charge in [-0.3, -0.25) is 0 Å². The molecule has 1 nitrogen and oxygen atoms in total. The van der Waals surface area contributed by atoms with Crippen LogP contribution in [0, 0.1) is 11.8 Å². The Bertz CT molecular complexity index is 103. The minimum absolute atomic E-state index is 0.230. The number of hydrogen-bond donors (Lipinski definition) is 0. The van der Waals surface area contributed by atoms with Gasteiger partial charge in [-0.05, 0) is 18.3 Å². The second kappa shape index (κ2) is 3.33. The van der Waals surface area contributed by atoms with Gasteiger partial charge in [0.2, 0.25) is 0 Å². The summed E-state index contributed by atoms with van der Waals surface area (Å²) in [6.07, 6.45) is 0.160. The van der Waals surface area contributed by atoms with Gasteiger partial charge in [0.1, 0.15) is 6.17 Å². The number of halogens is 1. The van der Waals surface area contributed by atoms with Crippen LogP contribution in [0.2, 0.25) is 0 Å². The first-order valence-corrected chi connectivity index (χ1v) is 3.93. The van der Waals surface area contributed by atoms with Crippen LogP contribution in [-0.4, -0.2) is 19.4 Å². The summed E-state index contributed by atoms with van der Waals surface area (Å²) >= 11 is 0. The molecular formula is C8H15FO. The molecule has 0 N–H and O–H groups in total. The molecule has 0 spiro atoms. The van der Waals surface area contributed by atoms with Crippen molar-refractivity contribution < 1.29 is 9.13 Å². The fraction of sp³-hybridized carbons (Fsp3) is 1.00. The van der Waals surface area contributed by atoms with Crippen LogP contribution in [0.5, 0.6) is 0 Å². The summed E-state index contributed by atoms with van der Waals surface area (Å²) in [5.41, 5.74) is 0. The fourth-order valence-electron chi connectivity index (χ4n) is 1.47. The third kappa shape index (κ3) is 1.69. The Labute approximate surface area is 61.6 Å². The molecule has 0 amide bonds. The normalized spacial score (nSPS) is 34.8. The molecule has 10 heavy (non-hydrogen) atoms. The van der Waals surface area contributed by atoms with Crippen LogP contribution >= 0.6 is 0 Å². The molecule has 1 rings (SSSR count). The number of ether oxygens (including phenoxy) is 1. The molecule has 1 heterocycles. The summed E-state index contributed by atoms with van der Waals surface area (Å²) in [5.74, 6) is 0.688. The summed E-state index contributed by atoms with van der Waals surface area (Å²) in [5, 5.41) is 0. The van der Waals surface area contributed by atoms with Crippen LogP contribution in [0.4, 0.5) is 4.39 Å². The highest BCUT2D eigenvalue weighted by molar-refractivity contribution is 4.75. The molecule has 0 saturated carbocycles. The number of rotatable bonds is 1. The van der Waals surface area contributed by atoms with Crippen molar-refractivity contribution in [3.63, 3.8) is 0 Å². The Hall–Kier alpha value is -0.110. The van der Waals surface area contributed by atoms with E-state index in [1.54, 1.807) is 0 Å². The molecule has 0 aromatic heterocycles. The van der Waals surface area contributed by atoms with Crippen molar-refractivity contribution in [3.8, 4) is 0 Å². The predicted molar refractivity (Wildman–Crippen MR) is 38.7 cm³/mol. The van der Waals surface area contributed by atoms with E-state index in [0.717, 1.165) is 13.0 Å². The van der Waals surface area contributed by atoms with Gasteiger partial charge in [-0.25, -0.2) is 4.39 Å². The quantitative estimate of drug-likeness (QED) is 0.550. The molecule has 0 aromatic carbocycles. The Morgan fingerprint density at radius 2 is 2.20 bits per heavy atom. The first kappa shape index (κ1) is 7.99. The maximum Gasteiger partial charge on any atom is 0.126 e. The maximum absolute atomic E-state index is 13.0. The lowest BCUT2D eigenvalue weighted by atomic mass is 9.87. The fourth-order valence-corrected chi connectivity index (χ4v) is 1.47. The van der Waals surface area contributed by atoms with Gasteiger partial charge >= 0.3 is 0 Å². The van der Waals surface area contributed by atoms with Gasteiger partial charge in [0.05, 0.1) is 6.61 Å². The van der Waals surface area contributed by atoms with E-state index in [1.807, 2.05) is 0 Å². The van der Waals surface area contributed by atoms with E-state index in [0.29, 0.717) is 12.5 Å². The van der Waals surface area contributed by atoms with Crippen molar-refractivity contribution in [2.75, 3.05) is 13.2 Å². The molecule has 0 aromatic rings. The summed E-state index contributed by atoms with van der Waals surface area (Å²) in [6, 6.07) is 0. The number of alkyl halides is 1. The molecule has 0 bridgehead atoms. The van der Waals surface area contributed by atoms with Crippen molar-refractivity contribution in [3.05, 3.63) is 0 Å². The molecule has 2 atom stereocenters. The molecule has 0 aliphatic carbocycles. The van der Waals surface area contributed by atoms with Gasteiger partial charge in [0, 0.05) is 6.61 Å². The standard InChI is InChI=1S/C8H15FO/c1-6(2)7-3-4-10-5-8(7)9/h6-8H,3-5H2,1-2H3/t7?,8-/m0/s1. The third-order valence-electron chi connectivity index (χ3n) is 2.19. The van der Waals surface area contributed by atoms with E-state index < -0.39 is 6.17 Å². The molecule has 1 fully saturated rings. The zero-order valence-electron chi connectivity index (χ0n) is 6.64. The lowest BCUT2D eigenvalue weighted by Gasteiger charge is -2.28. The molecule has 2 heteroatoms. The molecule has 60 valence electrons. The molecule has 1 aliphatic rings. The van der Waals surface area contributed by atoms with Crippen LogP contribution in [0.15, 0.2) is 0 Å². The highest BCUT2D eigenvalue weighted by Crippen LogP contribution is 2.25. The van der Waals surface area contributed by atoms with Gasteiger partial charge in [0.15, 0.2) is 0 Å². The van der Waals surface area contributed by atoms with Gasteiger partial charge in [0.25, 0.3) is 0 Å². The highest BCUT2D eigenvalue weighted by Gasteiger charge is 2.27.